The lowest BCUT2D eigenvalue weighted by molar-refractivity contribution is 0.00578. The molecule has 2 rings (SSSR count). The molecule has 1 saturated heterocycles. The number of rotatable bonds is 2. The Labute approximate surface area is 148 Å². The molecule has 0 aromatic heterocycles. The SMILES string of the molecule is CC(C)(C)OC(=O)Oc1cc(B2OC(C)(C)C(C)(C)O2)cccc1=O. The highest BCUT2D eigenvalue weighted by Gasteiger charge is 2.51. The van der Waals surface area contributed by atoms with E-state index in [4.69, 9.17) is 18.8 Å². The Bertz CT molecular complexity index is 704. The summed E-state index contributed by atoms with van der Waals surface area (Å²) in [6, 6.07) is 6.04. The molecule has 1 aromatic carbocycles. The zero-order valence-corrected chi connectivity index (χ0v) is 15.8. The van der Waals surface area contributed by atoms with E-state index in [1.54, 1.807) is 32.9 Å². The zero-order valence-electron chi connectivity index (χ0n) is 15.8. The molecule has 0 N–H and O–H groups in total. The Balaban J connectivity index is 2.30. The van der Waals surface area contributed by atoms with Crippen molar-refractivity contribution in [3.8, 4) is 5.75 Å². The maximum Gasteiger partial charge on any atom is 0.514 e. The fourth-order valence-electron chi connectivity index (χ4n) is 2.17. The average Bonchev–Trinajstić information content (AvgIpc) is 2.54. The summed E-state index contributed by atoms with van der Waals surface area (Å²) in [5.74, 6) is -0.135. The van der Waals surface area contributed by atoms with Gasteiger partial charge in [-0.2, -0.15) is 0 Å². The van der Waals surface area contributed by atoms with Gasteiger partial charge in [-0.15, -0.1) is 0 Å². The van der Waals surface area contributed by atoms with Crippen molar-refractivity contribution >= 4 is 18.7 Å². The van der Waals surface area contributed by atoms with E-state index in [0.29, 0.717) is 5.46 Å². The van der Waals surface area contributed by atoms with E-state index in [-0.39, 0.29) is 5.75 Å². The largest absolute Gasteiger partial charge is 0.514 e. The van der Waals surface area contributed by atoms with Crippen LogP contribution in [-0.4, -0.2) is 30.1 Å². The van der Waals surface area contributed by atoms with E-state index in [2.05, 4.69) is 0 Å². The fourth-order valence-corrected chi connectivity index (χ4v) is 2.17. The molecule has 7 heteroatoms. The Hall–Kier alpha value is -1.86. The van der Waals surface area contributed by atoms with Crippen LogP contribution < -0.4 is 15.6 Å². The van der Waals surface area contributed by atoms with Crippen LogP contribution in [0.15, 0.2) is 29.1 Å². The van der Waals surface area contributed by atoms with E-state index in [9.17, 15) is 9.59 Å². The van der Waals surface area contributed by atoms with Crippen LogP contribution in [0.3, 0.4) is 0 Å². The van der Waals surface area contributed by atoms with E-state index >= 15 is 0 Å². The first-order chi connectivity index (χ1) is 11.3. The van der Waals surface area contributed by atoms with Crippen LogP contribution in [0, 0.1) is 0 Å². The second-order valence-corrected chi connectivity index (χ2v) is 8.05. The van der Waals surface area contributed by atoms with E-state index in [1.807, 2.05) is 27.7 Å². The standard InChI is InChI=1S/C18H25BO6/c1-16(2,3)23-15(21)22-14-11-12(9-8-10-13(14)20)19-24-17(4,5)18(6,7)25-19/h8-11H,1-7H3. The van der Waals surface area contributed by atoms with Gasteiger partial charge >= 0.3 is 13.3 Å². The van der Waals surface area contributed by atoms with Gasteiger partial charge in [-0.3, -0.25) is 4.79 Å². The molecule has 1 aromatic rings. The van der Waals surface area contributed by atoms with Crippen molar-refractivity contribution in [1.82, 2.24) is 0 Å². The van der Waals surface area contributed by atoms with Crippen LogP contribution >= 0.6 is 0 Å². The van der Waals surface area contributed by atoms with Gasteiger partial charge in [0.15, 0.2) is 5.75 Å². The van der Waals surface area contributed by atoms with Crippen LogP contribution in [0.5, 0.6) is 5.75 Å². The topological polar surface area (TPSA) is 71.1 Å². The Morgan fingerprint density at radius 2 is 1.64 bits per heavy atom. The number of ether oxygens (including phenoxy) is 2. The van der Waals surface area contributed by atoms with Crippen LogP contribution in [-0.2, 0) is 14.0 Å². The second kappa shape index (κ2) is 6.46. The molecule has 0 bridgehead atoms. The minimum absolute atomic E-state index is 0.135. The summed E-state index contributed by atoms with van der Waals surface area (Å²) in [6.07, 6.45) is -0.935. The third kappa shape index (κ3) is 4.61. The fraction of sp³-hybridized carbons (Fsp3) is 0.556. The number of carbonyl (C=O) groups excluding carboxylic acids is 1. The van der Waals surface area contributed by atoms with Crippen LogP contribution in [0.1, 0.15) is 48.5 Å². The quantitative estimate of drug-likeness (QED) is 0.605. The molecule has 25 heavy (non-hydrogen) atoms. The molecule has 0 atom stereocenters. The minimum Gasteiger partial charge on any atom is -0.428 e. The maximum atomic E-state index is 12.1. The molecule has 6 nitrogen and oxygen atoms in total. The van der Waals surface area contributed by atoms with Gasteiger partial charge in [0.2, 0.25) is 5.43 Å². The van der Waals surface area contributed by atoms with E-state index in [0.717, 1.165) is 0 Å². The Kier molecular flexibility index (Phi) is 5.03. The van der Waals surface area contributed by atoms with Crippen molar-refractivity contribution in [1.29, 1.82) is 0 Å². The molecular formula is C18H25BO6. The predicted octanol–water partition coefficient (Wildman–Crippen LogP) is 2.66. The minimum atomic E-state index is -0.935. The summed E-state index contributed by atoms with van der Waals surface area (Å²) < 4.78 is 22.1. The molecule has 0 amide bonds. The first kappa shape index (κ1) is 19.5. The van der Waals surface area contributed by atoms with Gasteiger partial charge in [0.05, 0.1) is 11.2 Å². The van der Waals surface area contributed by atoms with Gasteiger partial charge in [0.1, 0.15) is 5.60 Å². The second-order valence-electron chi connectivity index (χ2n) is 8.05. The van der Waals surface area contributed by atoms with Crippen molar-refractivity contribution in [2.75, 3.05) is 0 Å². The number of carbonyl (C=O) groups is 1. The molecular weight excluding hydrogens is 323 g/mol. The van der Waals surface area contributed by atoms with Gasteiger partial charge < -0.3 is 18.8 Å². The van der Waals surface area contributed by atoms with Crippen LogP contribution in [0.2, 0.25) is 0 Å². The normalized spacial score (nSPS) is 18.8. The third-order valence-electron chi connectivity index (χ3n) is 4.19. The molecule has 1 fully saturated rings. The lowest BCUT2D eigenvalue weighted by Crippen LogP contribution is -2.41. The average molecular weight is 348 g/mol. The smallest absolute Gasteiger partial charge is 0.428 e. The van der Waals surface area contributed by atoms with Crippen molar-refractivity contribution in [3.05, 3.63) is 34.5 Å². The summed E-state index contributed by atoms with van der Waals surface area (Å²) in [5, 5.41) is 0. The molecule has 1 aliphatic rings. The zero-order chi connectivity index (χ0) is 19.0. The molecule has 0 unspecified atom stereocenters. The highest BCUT2D eigenvalue weighted by molar-refractivity contribution is 6.62. The summed E-state index contributed by atoms with van der Waals surface area (Å²) in [6.45, 7) is 12.9. The molecule has 0 spiro atoms. The van der Waals surface area contributed by atoms with Crippen molar-refractivity contribution < 1.29 is 23.6 Å². The van der Waals surface area contributed by atoms with Gasteiger partial charge in [-0.05, 0) is 66.1 Å². The van der Waals surface area contributed by atoms with Gasteiger partial charge in [0.25, 0.3) is 0 Å². The van der Waals surface area contributed by atoms with Crippen molar-refractivity contribution in [3.63, 3.8) is 0 Å². The molecule has 1 heterocycles. The third-order valence-corrected chi connectivity index (χ3v) is 4.19. The van der Waals surface area contributed by atoms with Crippen molar-refractivity contribution in [2.24, 2.45) is 0 Å². The van der Waals surface area contributed by atoms with Crippen LogP contribution in [0.4, 0.5) is 4.79 Å². The summed E-state index contributed by atoms with van der Waals surface area (Å²) in [7, 11) is -0.669. The van der Waals surface area contributed by atoms with Gasteiger partial charge in [-0.25, -0.2) is 4.79 Å². The Morgan fingerprint density at radius 3 is 2.16 bits per heavy atom. The monoisotopic (exact) mass is 348 g/mol. The lowest BCUT2D eigenvalue weighted by Gasteiger charge is -2.32. The summed E-state index contributed by atoms with van der Waals surface area (Å²) >= 11 is 0. The molecule has 0 radical (unpaired) electrons. The lowest BCUT2D eigenvalue weighted by atomic mass is 9.80. The van der Waals surface area contributed by atoms with Gasteiger partial charge in [-0.1, -0.05) is 12.1 Å². The predicted molar refractivity (Wildman–Crippen MR) is 95.3 cm³/mol. The molecule has 0 saturated carbocycles. The maximum absolute atomic E-state index is 12.1. The molecule has 1 aliphatic heterocycles. The first-order valence-corrected chi connectivity index (χ1v) is 8.21. The Morgan fingerprint density at radius 1 is 1.08 bits per heavy atom. The highest BCUT2D eigenvalue weighted by Crippen LogP contribution is 2.36. The van der Waals surface area contributed by atoms with E-state index in [1.165, 1.54) is 12.1 Å². The summed E-state index contributed by atoms with van der Waals surface area (Å²) in [4.78, 5) is 24.0. The van der Waals surface area contributed by atoms with Gasteiger partial charge in [0, 0.05) is 0 Å². The highest BCUT2D eigenvalue weighted by atomic mass is 16.7. The van der Waals surface area contributed by atoms with Crippen molar-refractivity contribution in [2.45, 2.75) is 65.3 Å². The number of hydrogen-bond donors (Lipinski definition) is 0. The van der Waals surface area contributed by atoms with E-state index < -0.39 is 35.5 Å². The molecule has 136 valence electrons. The number of hydrogen-bond acceptors (Lipinski definition) is 6. The van der Waals surface area contributed by atoms with Crippen LogP contribution in [0.25, 0.3) is 0 Å². The molecule has 0 aliphatic carbocycles. The summed E-state index contributed by atoms with van der Waals surface area (Å²) in [5.41, 5.74) is -1.60. The first-order valence-electron chi connectivity index (χ1n) is 8.21.